The smallest absolute Gasteiger partial charge is 0.414 e. The zero-order chi connectivity index (χ0) is 26.3. The molecule has 4 heterocycles. The molecule has 0 saturated carbocycles. The molecule has 0 radical (unpaired) electrons. The van der Waals surface area contributed by atoms with Gasteiger partial charge in [-0.2, -0.15) is 0 Å². The van der Waals surface area contributed by atoms with Gasteiger partial charge in [0.05, 0.1) is 37.3 Å². The van der Waals surface area contributed by atoms with Crippen LogP contribution in [-0.2, 0) is 27.4 Å². The minimum Gasteiger partial charge on any atom is -0.442 e. The number of aromatic nitrogens is 3. The van der Waals surface area contributed by atoms with E-state index in [0.29, 0.717) is 35.4 Å². The van der Waals surface area contributed by atoms with Crippen molar-refractivity contribution in [3.05, 3.63) is 46.6 Å². The summed E-state index contributed by atoms with van der Waals surface area (Å²) in [7, 11) is 0. The molecule has 2 aromatic heterocycles. The van der Waals surface area contributed by atoms with Crippen LogP contribution in [0.1, 0.15) is 6.92 Å². The lowest BCUT2D eigenvalue weighted by atomic mass is 10.1. The van der Waals surface area contributed by atoms with Gasteiger partial charge in [-0.15, -0.1) is 0 Å². The van der Waals surface area contributed by atoms with Crippen molar-refractivity contribution >= 4 is 34.6 Å². The summed E-state index contributed by atoms with van der Waals surface area (Å²) in [6.07, 6.45) is 0.300. The number of aliphatic hydroxyl groups excluding tert-OH is 1. The number of halogens is 1. The van der Waals surface area contributed by atoms with Crippen molar-refractivity contribution in [3.63, 3.8) is 0 Å². The third kappa shape index (κ3) is 4.53. The second kappa shape index (κ2) is 9.65. The molecule has 2 aliphatic rings. The topological polar surface area (TPSA) is 139 Å². The summed E-state index contributed by atoms with van der Waals surface area (Å²) in [5, 5.41) is 12.0. The molecule has 2 aliphatic heterocycles. The van der Waals surface area contributed by atoms with Crippen LogP contribution in [0.3, 0.4) is 0 Å². The summed E-state index contributed by atoms with van der Waals surface area (Å²) in [6, 6.07) is 5.90. The Morgan fingerprint density at radius 2 is 1.92 bits per heavy atom. The molecule has 1 atom stereocenters. The van der Waals surface area contributed by atoms with Crippen LogP contribution < -0.4 is 15.8 Å². The van der Waals surface area contributed by atoms with E-state index < -0.39 is 30.5 Å². The molecular formula is C24H25FN6O6. The van der Waals surface area contributed by atoms with Crippen LogP contribution in [0.25, 0.3) is 22.2 Å². The van der Waals surface area contributed by atoms with E-state index in [2.05, 4.69) is 10.3 Å². The van der Waals surface area contributed by atoms with Gasteiger partial charge in [-0.1, -0.05) is 0 Å². The van der Waals surface area contributed by atoms with E-state index in [0.717, 1.165) is 0 Å². The van der Waals surface area contributed by atoms with E-state index in [1.807, 2.05) is 0 Å². The minimum absolute atomic E-state index is 0.163. The number of aliphatic hydroxyl groups is 1. The average Bonchev–Trinajstić information content (AvgIpc) is 3.28. The minimum atomic E-state index is -0.631. The highest BCUT2D eigenvalue weighted by Crippen LogP contribution is 2.30. The number of hydrogen-bond acceptors (Lipinski definition) is 7. The van der Waals surface area contributed by atoms with E-state index in [1.165, 1.54) is 39.7 Å². The van der Waals surface area contributed by atoms with Crippen LogP contribution in [-0.4, -0.2) is 81.2 Å². The first kappa shape index (κ1) is 24.4. The van der Waals surface area contributed by atoms with Gasteiger partial charge in [-0.25, -0.2) is 18.9 Å². The quantitative estimate of drug-likeness (QED) is 0.501. The number of rotatable bonds is 5. The van der Waals surface area contributed by atoms with Gasteiger partial charge in [-0.05, 0) is 24.3 Å². The zero-order valence-corrected chi connectivity index (χ0v) is 20.0. The normalized spacial score (nSPS) is 17.5. The molecule has 1 saturated heterocycles. The molecule has 1 aromatic carbocycles. The van der Waals surface area contributed by atoms with E-state index in [4.69, 9.17) is 9.84 Å². The van der Waals surface area contributed by atoms with Crippen molar-refractivity contribution in [2.45, 2.75) is 26.1 Å². The molecular weight excluding hydrogens is 487 g/mol. The standard InChI is InChI=1S/C24H25FN6O6/c1-14(33)26-11-17-12-29(24(36)37-17)16-2-3-18(20(25)9-16)15-8-19-22(27-10-15)30-6-4-28(21(34)13-32)5-7-31(30)23(19)35/h2-3,8-10,17,32H,4-7,11-13H2,1H3,(H,26,33)/t17-/m0/s1. The second-order valence-corrected chi connectivity index (χ2v) is 8.90. The Morgan fingerprint density at radius 1 is 1.16 bits per heavy atom. The number of fused-ring (bicyclic) bond motifs is 3. The molecule has 3 amide bonds. The molecule has 13 heteroatoms. The summed E-state index contributed by atoms with van der Waals surface area (Å²) in [5.74, 6) is -1.24. The number of anilines is 1. The van der Waals surface area contributed by atoms with Crippen LogP contribution in [0.5, 0.6) is 0 Å². The maximum Gasteiger partial charge on any atom is 0.414 e. The predicted octanol–water partition coefficient (Wildman–Crippen LogP) is 0.300. The van der Waals surface area contributed by atoms with Gasteiger partial charge in [-0.3, -0.25) is 24.0 Å². The van der Waals surface area contributed by atoms with E-state index in [9.17, 15) is 19.2 Å². The van der Waals surface area contributed by atoms with Gasteiger partial charge in [0, 0.05) is 37.3 Å². The highest BCUT2D eigenvalue weighted by Gasteiger charge is 2.33. The number of benzene rings is 1. The first-order valence-corrected chi connectivity index (χ1v) is 11.8. The number of carbonyl (C=O) groups is 3. The maximum atomic E-state index is 15.2. The first-order valence-electron chi connectivity index (χ1n) is 11.8. The Kier molecular flexibility index (Phi) is 6.38. The van der Waals surface area contributed by atoms with E-state index in [1.54, 1.807) is 16.8 Å². The Bertz CT molecular complexity index is 1470. The third-order valence-corrected chi connectivity index (χ3v) is 6.55. The van der Waals surface area contributed by atoms with Crippen LogP contribution in [0.4, 0.5) is 14.9 Å². The van der Waals surface area contributed by atoms with E-state index >= 15 is 4.39 Å². The fourth-order valence-corrected chi connectivity index (χ4v) is 4.67. The lowest BCUT2D eigenvalue weighted by Crippen LogP contribution is -2.36. The number of carbonyl (C=O) groups excluding carboxylic acids is 3. The molecule has 37 heavy (non-hydrogen) atoms. The van der Waals surface area contributed by atoms with Crippen molar-refractivity contribution < 1.29 is 28.6 Å². The molecule has 0 spiro atoms. The van der Waals surface area contributed by atoms with Gasteiger partial charge in [0.25, 0.3) is 5.56 Å². The van der Waals surface area contributed by atoms with Crippen LogP contribution in [0.15, 0.2) is 35.3 Å². The van der Waals surface area contributed by atoms with Crippen LogP contribution in [0, 0.1) is 5.82 Å². The predicted molar refractivity (Wildman–Crippen MR) is 129 cm³/mol. The van der Waals surface area contributed by atoms with Crippen molar-refractivity contribution in [2.75, 3.05) is 37.7 Å². The molecule has 1 fully saturated rings. The molecule has 2 N–H and O–H groups in total. The summed E-state index contributed by atoms with van der Waals surface area (Å²) in [5.41, 5.74) is 1.05. The first-order chi connectivity index (χ1) is 17.8. The number of ether oxygens (including phenoxy) is 1. The molecule has 5 rings (SSSR count). The SMILES string of the molecule is CC(=O)NC[C@H]1CN(c2ccc(-c3cnc4c(c3)c(=O)n3n4CCN(C(=O)CO)CC3)c(F)c2)C(=O)O1. The lowest BCUT2D eigenvalue weighted by Gasteiger charge is -2.18. The Balaban J connectivity index is 1.40. The van der Waals surface area contributed by atoms with E-state index in [-0.39, 0.29) is 43.2 Å². The number of nitrogens with zero attached hydrogens (tertiary/aromatic N) is 5. The molecule has 194 valence electrons. The summed E-state index contributed by atoms with van der Waals surface area (Å²) in [4.78, 5) is 55.5. The van der Waals surface area contributed by atoms with Crippen molar-refractivity contribution in [2.24, 2.45) is 0 Å². The van der Waals surface area contributed by atoms with Crippen molar-refractivity contribution in [3.8, 4) is 11.1 Å². The van der Waals surface area contributed by atoms with Crippen LogP contribution in [0.2, 0.25) is 0 Å². The number of amides is 3. The second-order valence-electron chi connectivity index (χ2n) is 8.90. The monoisotopic (exact) mass is 512 g/mol. The molecule has 0 unspecified atom stereocenters. The number of cyclic esters (lactones) is 1. The average molecular weight is 512 g/mol. The van der Waals surface area contributed by atoms with Gasteiger partial charge in [0.15, 0.2) is 5.65 Å². The number of pyridine rings is 1. The highest BCUT2D eigenvalue weighted by atomic mass is 19.1. The summed E-state index contributed by atoms with van der Waals surface area (Å²) in [6.45, 7) is 2.28. The Hall–Kier alpha value is -4.26. The Labute approximate surface area is 209 Å². The number of hydrogen-bond donors (Lipinski definition) is 2. The van der Waals surface area contributed by atoms with Gasteiger partial charge >= 0.3 is 6.09 Å². The molecule has 0 bridgehead atoms. The summed E-state index contributed by atoms with van der Waals surface area (Å²) >= 11 is 0. The maximum absolute atomic E-state index is 15.2. The van der Waals surface area contributed by atoms with Gasteiger partial charge in [0.1, 0.15) is 18.5 Å². The molecule has 3 aromatic rings. The largest absolute Gasteiger partial charge is 0.442 e. The zero-order valence-electron chi connectivity index (χ0n) is 20.0. The third-order valence-electron chi connectivity index (χ3n) is 6.55. The fourth-order valence-electron chi connectivity index (χ4n) is 4.67. The van der Waals surface area contributed by atoms with Gasteiger partial charge < -0.3 is 20.1 Å². The van der Waals surface area contributed by atoms with Crippen LogP contribution >= 0.6 is 0 Å². The fraction of sp³-hybridized carbons (Fsp3) is 0.375. The Morgan fingerprint density at radius 3 is 2.62 bits per heavy atom. The lowest BCUT2D eigenvalue weighted by molar-refractivity contribution is -0.134. The molecule has 12 nitrogen and oxygen atoms in total. The summed E-state index contributed by atoms with van der Waals surface area (Å²) < 4.78 is 23.6. The van der Waals surface area contributed by atoms with Crippen molar-refractivity contribution in [1.82, 2.24) is 24.6 Å². The van der Waals surface area contributed by atoms with Gasteiger partial charge in [0.2, 0.25) is 11.8 Å². The number of nitrogens with one attached hydrogen (secondary N) is 1. The van der Waals surface area contributed by atoms with Crippen molar-refractivity contribution in [1.29, 1.82) is 0 Å². The molecule has 0 aliphatic carbocycles. The highest BCUT2D eigenvalue weighted by molar-refractivity contribution is 5.90.